The summed E-state index contributed by atoms with van der Waals surface area (Å²) in [4.78, 5) is 18.9. The molecule has 2 aromatic rings. The van der Waals surface area contributed by atoms with Crippen molar-refractivity contribution in [1.82, 2.24) is 9.88 Å². The maximum atomic E-state index is 12.4. The van der Waals surface area contributed by atoms with E-state index in [0.717, 1.165) is 42.4 Å². The second-order valence-corrected chi connectivity index (χ2v) is 7.05. The number of aromatic nitrogens is 1. The summed E-state index contributed by atoms with van der Waals surface area (Å²) >= 11 is 7.48. The van der Waals surface area contributed by atoms with Gasteiger partial charge in [0.15, 0.2) is 5.13 Å². The second-order valence-electron chi connectivity index (χ2n) is 5.75. The fourth-order valence-electron chi connectivity index (χ4n) is 2.72. The zero-order chi connectivity index (χ0) is 16.1. The molecular formula is C17H20ClN3OS. The highest BCUT2D eigenvalue weighted by molar-refractivity contribution is 7.13. The second kappa shape index (κ2) is 7.79. The van der Waals surface area contributed by atoms with Crippen LogP contribution in [0.3, 0.4) is 0 Å². The monoisotopic (exact) mass is 349 g/mol. The number of hydrogen-bond acceptors (Lipinski definition) is 4. The summed E-state index contributed by atoms with van der Waals surface area (Å²) in [6, 6.07) is 7.52. The normalized spacial score (nSPS) is 15.3. The number of hydrogen-bond donors (Lipinski definition) is 1. The lowest BCUT2D eigenvalue weighted by Gasteiger charge is -2.19. The highest BCUT2D eigenvalue weighted by atomic mass is 35.5. The van der Waals surface area contributed by atoms with Gasteiger partial charge in [-0.3, -0.25) is 4.79 Å². The van der Waals surface area contributed by atoms with E-state index in [-0.39, 0.29) is 5.91 Å². The summed E-state index contributed by atoms with van der Waals surface area (Å²) in [5, 5.41) is 6.64. The molecule has 0 unspecified atom stereocenters. The zero-order valence-electron chi connectivity index (χ0n) is 12.9. The van der Waals surface area contributed by atoms with Crippen LogP contribution in [0.4, 0.5) is 10.8 Å². The van der Waals surface area contributed by atoms with Gasteiger partial charge in [-0.2, -0.15) is 0 Å². The number of likely N-dealkylation sites (tertiary alicyclic amines) is 1. The Morgan fingerprint density at radius 1 is 1.26 bits per heavy atom. The van der Waals surface area contributed by atoms with Gasteiger partial charge >= 0.3 is 0 Å². The Kier molecular flexibility index (Phi) is 5.51. The van der Waals surface area contributed by atoms with Gasteiger partial charge in [0, 0.05) is 29.2 Å². The Morgan fingerprint density at radius 2 is 2.04 bits per heavy atom. The van der Waals surface area contributed by atoms with Gasteiger partial charge in [-0.05, 0) is 31.0 Å². The van der Waals surface area contributed by atoms with Crippen LogP contribution in [0.25, 0.3) is 0 Å². The van der Waals surface area contributed by atoms with Gasteiger partial charge in [0.1, 0.15) is 0 Å². The van der Waals surface area contributed by atoms with Crippen molar-refractivity contribution in [2.45, 2.75) is 32.1 Å². The molecule has 1 aromatic heterocycles. The zero-order valence-corrected chi connectivity index (χ0v) is 14.5. The van der Waals surface area contributed by atoms with E-state index >= 15 is 0 Å². The number of rotatable bonds is 4. The molecular weight excluding hydrogens is 330 g/mol. The third-order valence-electron chi connectivity index (χ3n) is 3.92. The number of nitrogens with one attached hydrogen (secondary N) is 1. The van der Waals surface area contributed by atoms with Gasteiger partial charge in [0.05, 0.1) is 12.1 Å². The summed E-state index contributed by atoms with van der Waals surface area (Å²) in [6.45, 7) is 1.77. The van der Waals surface area contributed by atoms with Crippen LogP contribution in [0.5, 0.6) is 0 Å². The van der Waals surface area contributed by atoms with Crippen molar-refractivity contribution in [1.29, 1.82) is 0 Å². The first-order chi connectivity index (χ1) is 11.2. The molecule has 1 aliphatic rings. The smallest absolute Gasteiger partial charge is 0.228 e. The van der Waals surface area contributed by atoms with Crippen molar-refractivity contribution in [3.8, 4) is 0 Å². The number of carbonyl (C=O) groups is 1. The molecule has 122 valence electrons. The number of thiazole rings is 1. The first-order valence-corrected chi connectivity index (χ1v) is 9.21. The average Bonchev–Trinajstić information content (AvgIpc) is 2.80. The van der Waals surface area contributed by atoms with E-state index in [1.54, 1.807) is 0 Å². The van der Waals surface area contributed by atoms with E-state index in [1.165, 1.54) is 24.2 Å². The van der Waals surface area contributed by atoms with E-state index in [4.69, 9.17) is 11.6 Å². The van der Waals surface area contributed by atoms with Gasteiger partial charge < -0.3 is 10.2 Å². The predicted molar refractivity (Wildman–Crippen MR) is 95.6 cm³/mol. The van der Waals surface area contributed by atoms with E-state index in [9.17, 15) is 4.79 Å². The third-order valence-corrected chi connectivity index (χ3v) is 4.96. The number of halogens is 1. The number of amides is 1. The van der Waals surface area contributed by atoms with Crippen molar-refractivity contribution in [2.24, 2.45) is 0 Å². The Balaban J connectivity index is 1.59. The lowest BCUT2D eigenvalue weighted by Crippen LogP contribution is -2.33. The van der Waals surface area contributed by atoms with Crippen LogP contribution in [-0.4, -0.2) is 28.9 Å². The molecule has 0 spiro atoms. The lowest BCUT2D eigenvalue weighted by atomic mass is 10.2. The largest absolute Gasteiger partial charge is 0.342 e. The van der Waals surface area contributed by atoms with Crippen molar-refractivity contribution >= 4 is 39.7 Å². The quantitative estimate of drug-likeness (QED) is 0.884. The fourth-order valence-corrected chi connectivity index (χ4v) is 3.64. The van der Waals surface area contributed by atoms with Crippen LogP contribution in [0.1, 0.15) is 31.4 Å². The van der Waals surface area contributed by atoms with E-state index in [2.05, 4.69) is 10.3 Å². The minimum atomic E-state index is 0.187. The molecule has 0 atom stereocenters. The molecule has 0 aliphatic carbocycles. The minimum Gasteiger partial charge on any atom is -0.342 e. The number of benzene rings is 1. The van der Waals surface area contributed by atoms with Crippen molar-refractivity contribution in [3.63, 3.8) is 0 Å². The van der Waals surface area contributed by atoms with Gasteiger partial charge in [0.25, 0.3) is 0 Å². The topological polar surface area (TPSA) is 45.2 Å². The standard InChI is InChI=1S/C17H20ClN3OS/c18-13-6-5-7-14(10-13)19-17-20-15(12-23-17)11-16(22)21-8-3-1-2-4-9-21/h5-7,10,12H,1-4,8-9,11H2,(H,19,20). The van der Waals surface area contributed by atoms with Crippen LogP contribution in [0.15, 0.2) is 29.6 Å². The van der Waals surface area contributed by atoms with E-state index in [0.29, 0.717) is 11.4 Å². The maximum absolute atomic E-state index is 12.4. The van der Waals surface area contributed by atoms with Crippen LogP contribution >= 0.6 is 22.9 Å². The molecule has 3 rings (SSSR count). The SMILES string of the molecule is O=C(Cc1csc(Nc2cccc(Cl)c2)n1)N1CCCCCC1. The minimum absolute atomic E-state index is 0.187. The fraction of sp³-hybridized carbons (Fsp3) is 0.412. The molecule has 0 saturated carbocycles. The molecule has 1 N–H and O–H groups in total. The highest BCUT2D eigenvalue weighted by Crippen LogP contribution is 2.23. The van der Waals surface area contributed by atoms with Gasteiger partial charge in [-0.1, -0.05) is 30.5 Å². The van der Waals surface area contributed by atoms with Crippen LogP contribution in [0, 0.1) is 0 Å². The Hall–Kier alpha value is -1.59. The molecule has 1 amide bonds. The van der Waals surface area contributed by atoms with E-state index in [1.807, 2.05) is 34.5 Å². The number of anilines is 2. The lowest BCUT2D eigenvalue weighted by molar-refractivity contribution is -0.130. The molecule has 1 saturated heterocycles. The van der Waals surface area contributed by atoms with Crippen LogP contribution in [-0.2, 0) is 11.2 Å². The summed E-state index contributed by atoms with van der Waals surface area (Å²) in [6.07, 6.45) is 5.07. The van der Waals surface area contributed by atoms with E-state index < -0.39 is 0 Å². The van der Waals surface area contributed by atoms with Crippen LogP contribution < -0.4 is 5.32 Å². The molecule has 0 radical (unpaired) electrons. The van der Waals surface area contributed by atoms with Crippen molar-refractivity contribution in [3.05, 3.63) is 40.4 Å². The first-order valence-electron chi connectivity index (χ1n) is 7.95. The summed E-state index contributed by atoms with van der Waals surface area (Å²) in [7, 11) is 0. The molecule has 1 aromatic carbocycles. The molecule has 1 aliphatic heterocycles. The number of nitrogens with zero attached hydrogens (tertiary/aromatic N) is 2. The first kappa shape index (κ1) is 16.3. The van der Waals surface area contributed by atoms with Gasteiger partial charge in [-0.15, -0.1) is 11.3 Å². The molecule has 1 fully saturated rings. The Morgan fingerprint density at radius 3 is 2.78 bits per heavy atom. The molecule has 0 bridgehead atoms. The van der Waals surface area contributed by atoms with Crippen molar-refractivity contribution in [2.75, 3.05) is 18.4 Å². The van der Waals surface area contributed by atoms with Crippen molar-refractivity contribution < 1.29 is 4.79 Å². The van der Waals surface area contributed by atoms with Gasteiger partial charge in [-0.25, -0.2) is 4.98 Å². The number of carbonyl (C=O) groups excluding carboxylic acids is 1. The van der Waals surface area contributed by atoms with Crippen LogP contribution in [0.2, 0.25) is 5.02 Å². The Bertz CT molecular complexity index is 665. The summed E-state index contributed by atoms with van der Waals surface area (Å²) in [5.41, 5.74) is 1.73. The summed E-state index contributed by atoms with van der Waals surface area (Å²) < 4.78 is 0. The molecule has 6 heteroatoms. The maximum Gasteiger partial charge on any atom is 0.228 e. The average molecular weight is 350 g/mol. The third kappa shape index (κ3) is 4.69. The molecule has 2 heterocycles. The highest BCUT2D eigenvalue weighted by Gasteiger charge is 2.17. The molecule has 23 heavy (non-hydrogen) atoms. The summed E-state index contributed by atoms with van der Waals surface area (Å²) in [5.74, 6) is 0.187. The predicted octanol–water partition coefficient (Wildman–Crippen LogP) is 4.49. The molecule has 4 nitrogen and oxygen atoms in total. The Labute approximate surface area is 145 Å². The van der Waals surface area contributed by atoms with Gasteiger partial charge in [0.2, 0.25) is 5.91 Å².